The molecule has 0 bridgehead atoms. The van der Waals surface area contributed by atoms with Crippen LogP contribution >= 0.6 is 11.6 Å². The first-order valence-electron chi connectivity index (χ1n) is 7.21. The minimum absolute atomic E-state index is 0.0699. The Morgan fingerprint density at radius 3 is 2.55 bits per heavy atom. The number of carbonyl (C=O) groups is 3. The molecule has 2 aliphatic heterocycles. The molecule has 1 aromatic rings. The van der Waals surface area contributed by atoms with Crippen LogP contribution in [0.4, 0.5) is 4.79 Å². The number of halogens is 1. The molecule has 3 rings (SSSR count). The van der Waals surface area contributed by atoms with Gasteiger partial charge in [-0.2, -0.15) is 0 Å². The lowest BCUT2D eigenvalue weighted by Crippen LogP contribution is -2.49. The van der Waals surface area contributed by atoms with Gasteiger partial charge in [-0.15, -0.1) is 0 Å². The molecule has 1 aromatic carbocycles. The Morgan fingerprint density at radius 2 is 1.95 bits per heavy atom. The average Bonchev–Trinajstić information content (AvgIpc) is 2.86. The van der Waals surface area contributed by atoms with Crippen molar-refractivity contribution >= 4 is 29.4 Å². The van der Waals surface area contributed by atoms with Crippen molar-refractivity contribution in [3.63, 3.8) is 0 Å². The molecule has 1 N–H and O–H groups in total. The van der Waals surface area contributed by atoms with E-state index in [0.29, 0.717) is 36.5 Å². The lowest BCUT2D eigenvalue weighted by molar-refractivity contribution is -0.127. The van der Waals surface area contributed by atoms with Gasteiger partial charge in [-0.05, 0) is 31.0 Å². The van der Waals surface area contributed by atoms with Gasteiger partial charge >= 0.3 is 6.03 Å². The molecule has 0 aliphatic carbocycles. The Morgan fingerprint density at radius 1 is 1.23 bits per heavy atom. The van der Waals surface area contributed by atoms with E-state index in [-0.39, 0.29) is 30.4 Å². The highest BCUT2D eigenvalue weighted by atomic mass is 35.5. The van der Waals surface area contributed by atoms with E-state index < -0.39 is 0 Å². The van der Waals surface area contributed by atoms with E-state index in [1.165, 1.54) is 4.90 Å². The van der Waals surface area contributed by atoms with Gasteiger partial charge in [0.05, 0.1) is 6.54 Å². The van der Waals surface area contributed by atoms with Gasteiger partial charge in [0.15, 0.2) is 0 Å². The number of likely N-dealkylation sites (tertiary alicyclic amines) is 1. The van der Waals surface area contributed by atoms with Gasteiger partial charge in [0.1, 0.15) is 0 Å². The van der Waals surface area contributed by atoms with E-state index in [0.717, 1.165) is 0 Å². The topological polar surface area (TPSA) is 69.7 Å². The number of nitrogens with zero attached hydrogens (tertiary/aromatic N) is 2. The molecule has 4 amide bonds. The van der Waals surface area contributed by atoms with Crippen LogP contribution in [0.1, 0.15) is 23.2 Å². The van der Waals surface area contributed by atoms with Crippen molar-refractivity contribution in [1.29, 1.82) is 0 Å². The molecule has 22 heavy (non-hydrogen) atoms. The second-order valence-corrected chi connectivity index (χ2v) is 5.89. The van der Waals surface area contributed by atoms with E-state index in [9.17, 15) is 14.4 Å². The smallest absolute Gasteiger partial charge is 0.324 e. The van der Waals surface area contributed by atoms with E-state index in [1.54, 1.807) is 29.2 Å². The number of hydrogen-bond acceptors (Lipinski definition) is 3. The molecule has 0 saturated carbocycles. The average molecular weight is 322 g/mol. The Balaban J connectivity index is 1.63. The number of imide groups is 1. The summed E-state index contributed by atoms with van der Waals surface area (Å²) < 4.78 is 0. The van der Waals surface area contributed by atoms with Crippen LogP contribution in [0.5, 0.6) is 0 Å². The lowest BCUT2D eigenvalue weighted by atomic mass is 10.0. The highest BCUT2D eigenvalue weighted by molar-refractivity contribution is 6.30. The SMILES string of the molecule is O=C(c1cccc(Cl)c1)N1CCC(N2C(=O)CNC2=O)CC1. The normalized spacial score (nSPS) is 19.5. The summed E-state index contributed by atoms with van der Waals surface area (Å²) in [5.74, 6) is -0.261. The summed E-state index contributed by atoms with van der Waals surface area (Å²) in [7, 11) is 0. The van der Waals surface area contributed by atoms with Gasteiger partial charge < -0.3 is 10.2 Å². The molecule has 0 aromatic heterocycles. The van der Waals surface area contributed by atoms with Gasteiger partial charge in [0.25, 0.3) is 5.91 Å². The molecule has 7 heteroatoms. The maximum atomic E-state index is 12.4. The van der Waals surface area contributed by atoms with Crippen LogP contribution < -0.4 is 5.32 Å². The van der Waals surface area contributed by atoms with E-state index >= 15 is 0 Å². The number of piperidine rings is 1. The summed E-state index contributed by atoms with van der Waals surface area (Å²) in [5, 5.41) is 3.05. The predicted molar refractivity (Wildman–Crippen MR) is 80.6 cm³/mol. The molecule has 0 atom stereocenters. The van der Waals surface area contributed by atoms with Crippen LogP contribution in [0.15, 0.2) is 24.3 Å². The predicted octanol–water partition coefficient (Wildman–Crippen LogP) is 1.50. The molecular formula is C15H16ClN3O3. The van der Waals surface area contributed by atoms with Crippen LogP contribution in [0.3, 0.4) is 0 Å². The van der Waals surface area contributed by atoms with Gasteiger partial charge in [0.2, 0.25) is 5.91 Å². The molecule has 0 unspecified atom stereocenters. The van der Waals surface area contributed by atoms with Crippen molar-refractivity contribution in [2.75, 3.05) is 19.6 Å². The Bertz CT molecular complexity index is 610. The first kappa shape index (κ1) is 14.8. The van der Waals surface area contributed by atoms with Crippen molar-refractivity contribution in [2.45, 2.75) is 18.9 Å². The van der Waals surface area contributed by atoms with Crippen LogP contribution in [0, 0.1) is 0 Å². The quantitative estimate of drug-likeness (QED) is 0.839. The fourth-order valence-corrected chi connectivity index (χ4v) is 3.13. The minimum atomic E-state index is -0.329. The molecule has 116 valence electrons. The van der Waals surface area contributed by atoms with Crippen molar-refractivity contribution in [2.24, 2.45) is 0 Å². The molecule has 6 nitrogen and oxygen atoms in total. The van der Waals surface area contributed by atoms with Crippen LogP contribution in [-0.4, -0.2) is 53.3 Å². The van der Waals surface area contributed by atoms with Crippen molar-refractivity contribution < 1.29 is 14.4 Å². The number of nitrogens with one attached hydrogen (secondary N) is 1. The third kappa shape index (κ3) is 2.78. The third-order valence-electron chi connectivity index (χ3n) is 4.07. The molecule has 0 spiro atoms. The number of urea groups is 1. The third-order valence-corrected chi connectivity index (χ3v) is 4.30. The van der Waals surface area contributed by atoms with Crippen molar-refractivity contribution in [3.05, 3.63) is 34.9 Å². The van der Waals surface area contributed by atoms with E-state index in [2.05, 4.69) is 5.32 Å². The minimum Gasteiger partial charge on any atom is -0.338 e. The van der Waals surface area contributed by atoms with Gasteiger partial charge in [-0.1, -0.05) is 17.7 Å². The second-order valence-electron chi connectivity index (χ2n) is 5.46. The highest BCUT2D eigenvalue weighted by Crippen LogP contribution is 2.21. The summed E-state index contributed by atoms with van der Waals surface area (Å²) in [6.45, 7) is 1.11. The van der Waals surface area contributed by atoms with Gasteiger partial charge in [-0.25, -0.2) is 4.79 Å². The summed E-state index contributed by atoms with van der Waals surface area (Å²) in [4.78, 5) is 38.8. The molecular weight excluding hydrogens is 306 g/mol. The zero-order valence-electron chi connectivity index (χ0n) is 11.9. The highest BCUT2D eigenvalue weighted by Gasteiger charge is 2.37. The van der Waals surface area contributed by atoms with Gasteiger partial charge in [0, 0.05) is 29.7 Å². The molecule has 2 heterocycles. The van der Waals surface area contributed by atoms with Crippen LogP contribution in [-0.2, 0) is 4.79 Å². The zero-order valence-corrected chi connectivity index (χ0v) is 12.7. The first-order chi connectivity index (χ1) is 10.6. The number of amides is 4. The Hall–Kier alpha value is -2.08. The summed E-state index contributed by atoms with van der Waals surface area (Å²) in [6, 6.07) is 6.39. The standard InChI is InChI=1S/C15H16ClN3O3/c16-11-3-1-2-10(8-11)14(21)18-6-4-12(5-7-18)19-13(20)9-17-15(19)22/h1-3,8,12H,4-7,9H2,(H,17,22). The summed E-state index contributed by atoms with van der Waals surface area (Å²) in [5.41, 5.74) is 0.556. The van der Waals surface area contributed by atoms with Crippen LogP contribution in [0.25, 0.3) is 0 Å². The van der Waals surface area contributed by atoms with Crippen LogP contribution in [0.2, 0.25) is 5.02 Å². The largest absolute Gasteiger partial charge is 0.338 e. The number of hydrogen-bond donors (Lipinski definition) is 1. The Labute approximate surface area is 133 Å². The van der Waals surface area contributed by atoms with E-state index in [4.69, 9.17) is 11.6 Å². The molecule has 2 saturated heterocycles. The first-order valence-corrected chi connectivity index (χ1v) is 7.59. The fourth-order valence-electron chi connectivity index (χ4n) is 2.94. The number of rotatable bonds is 2. The molecule has 0 radical (unpaired) electrons. The summed E-state index contributed by atoms with van der Waals surface area (Å²) in [6.07, 6.45) is 1.21. The second kappa shape index (κ2) is 5.96. The molecule has 2 fully saturated rings. The van der Waals surface area contributed by atoms with Crippen molar-refractivity contribution in [1.82, 2.24) is 15.1 Å². The Kier molecular flexibility index (Phi) is 4.02. The summed E-state index contributed by atoms with van der Waals surface area (Å²) >= 11 is 5.91. The number of carbonyl (C=O) groups excluding carboxylic acids is 3. The van der Waals surface area contributed by atoms with Gasteiger partial charge in [-0.3, -0.25) is 14.5 Å². The van der Waals surface area contributed by atoms with Crippen molar-refractivity contribution in [3.8, 4) is 0 Å². The monoisotopic (exact) mass is 321 g/mol. The molecule has 2 aliphatic rings. The van der Waals surface area contributed by atoms with E-state index in [1.807, 2.05) is 0 Å². The lowest BCUT2D eigenvalue weighted by Gasteiger charge is -2.35. The zero-order chi connectivity index (χ0) is 15.7. The maximum Gasteiger partial charge on any atom is 0.324 e. The number of benzene rings is 1. The fraction of sp³-hybridized carbons (Fsp3) is 0.400. The maximum absolute atomic E-state index is 12.4.